The quantitative estimate of drug-likeness (QED) is 0.142. The van der Waals surface area contributed by atoms with Crippen LogP contribution in [0.2, 0.25) is 4.34 Å². The first-order chi connectivity index (χ1) is 17.0. The van der Waals surface area contributed by atoms with Crippen molar-refractivity contribution in [1.29, 1.82) is 0 Å². The Kier molecular flexibility index (Phi) is 9.07. The summed E-state index contributed by atoms with van der Waals surface area (Å²) >= 11 is 9.33. The minimum Gasteiger partial charge on any atom is -0.477 e. The first-order valence-corrected chi connectivity index (χ1v) is 12.9. The van der Waals surface area contributed by atoms with Crippen LogP contribution >= 0.6 is 46.5 Å². The Labute approximate surface area is 221 Å². The van der Waals surface area contributed by atoms with Crippen LogP contribution < -0.4 is 22.5 Å². The van der Waals surface area contributed by atoms with Crippen molar-refractivity contribution in [2.45, 2.75) is 17.5 Å². The third-order valence-electron chi connectivity index (χ3n) is 4.60. The van der Waals surface area contributed by atoms with Gasteiger partial charge in [0.15, 0.2) is 10.8 Å². The van der Waals surface area contributed by atoms with E-state index in [4.69, 9.17) is 33.6 Å². The van der Waals surface area contributed by atoms with E-state index < -0.39 is 41.3 Å². The van der Waals surface area contributed by atoms with Crippen molar-refractivity contribution in [2.24, 2.45) is 16.6 Å². The van der Waals surface area contributed by atoms with Crippen LogP contribution in [0.4, 0.5) is 9.93 Å². The number of primary amides is 1. The minimum atomic E-state index is -1.30. The van der Waals surface area contributed by atoms with E-state index in [-0.39, 0.29) is 38.9 Å². The Morgan fingerprint density at radius 1 is 1.47 bits per heavy atom. The number of nitrogen functional groups attached to an aromatic ring is 1. The molecule has 0 spiro atoms. The molecule has 1 unspecified atom stereocenters. The van der Waals surface area contributed by atoms with Crippen molar-refractivity contribution in [3.63, 3.8) is 0 Å². The lowest BCUT2D eigenvalue weighted by molar-refractivity contribution is -0.150. The first-order valence-electron chi connectivity index (χ1n) is 9.81. The third kappa shape index (κ3) is 6.04. The number of carboxylic acid groups (broad SMARTS) is 1. The zero-order chi connectivity index (χ0) is 26.6. The average Bonchev–Trinajstić information content (AvgIpc) is 3.16. The number of fused-ring (bicyclic) bond motifs is 1. The molecule has 0 radical (unpaired) electrons. The maximum absolute atomic E-state index is 12.9. The van der Waals surface area contributed by atoms with Gasteiger partial charge in [-0.05, 0) is 5.41 Å². The summed E-state index contributed by atoms with van der Waals surface area (Å²) in [5.74, 6) is -2.47. The number of thioether (sulfide) groups is 2. The minimum absolute atomic E-state index is 0.00512. The molecule has 3 rings (SSSR count). The van der Waals surface area contributed by atoms with E-state index in [1.165, 1.54) is 30.4 Å². The summed E-state index contributed by atoms with van der Waals surface area (Å²) in [7, 11) is 1.22. The number of aliphatic carboxylic acids is 1. The summed E-state index contributed by atoms with van der Waals surface area (Å²) in [5.41, 5.74) is 15.8. The van der Waals surface area contributed by atoms with Crippen LogP contribution in [-0.2, 0) is 24.0 Å². The number of thiazole rings is 1. The van der Waals surface area contributed by atoms with Crippen LogP contribution in [0.25, 0.3) is 0 Å². The van der Waals surface area contributed by atoms with E-state index in [1.807, 2.05) is 0 Å². The number of rotatable bonds is 10. The Morgan fingerprint density at radius 2 is 2.19 bits per heavy atom. The summed E-state index contributed by atoms with van der Waals surface area (Å²) in [6.45, 7) is -0.146. The number of hydrogen-bond acceptors (Lipinski definition) is 13. The van der Waals surface area contributed by atoms with Crippen LogP contribution in [0.5, 0.6) is 0 Å². The molecule has 0 saturated carbocycles. The Morgan fingerprint density at radius 3 is 2.78 bits per heavy atom. The molecule has 3 atom stereocenters. The molecule has 194 valence electrons. The Bertz CT molecular complexity index is 1170. The number of anilines is 1. The third-order valence-corrected chi connectivity index (χ3v) is 8.06. The number of ether oxygens (including phenoxy) is 1. The van der Waals surface area contributed by atoms with Gasteiger partial charge in [0.2, 0.25) is 0 Å². The van der Waals surface area contributed by atoms with Gasteiger partial charge in [-0.1, -0.05) is 45.9 Å². The molecular formula is C18H20ClN7O7S3. The van der Waals surface area contributed by atoms with Crippen LogP contribution in [0, 0.1) is 0 Å². The second-order valence-corrected chi connectivity index (χ2v) is 10.7. The number of halogens is 1. The summed E-state index contributed by atoms with van der Waals surface area (Å²) in [6, 6.07) is -1.67. The van der Waals surface area contributed by atoms with E-state index in [1.54, 1.807) is 0 Å². The summed E-state index contributed by atoms with van der Waals surface area (Å²) < 4.78 is 4.70. The molecule has 36 heavy (non-hydrogen) atoms. The van der Waals surface area contributed by atoms with Crippen molar-refractivity contribution < 1.29 is 33.9 Å². The fraction of sp³-hybridized carbons (Fsp3) is 0.333. The predicted molar refractivity (Wildman–Crippen MR) is 135 cm³/mol. The molecule has 0 aliphatic carbocycles. The molecule has 0 aromatic carbocycles. The van der Waals surface area contributed by atoms with Gasteiger partial charge in [0.05, 0.1) is 6.04 Å². The predicted octanol–water partition coefficient (Wildman–Crippen LogP) is 0.0948. The fourth-order valence-electron chi connectivity index (χ4n) is 3.09. The first kappa shape index (κ1) is 27.6. The van der Waals surface area contributed by atoms with Gasteiger partial charge in [0, 0.05) is 10.7 Å². The summed E-state index contributed by atoms with van der Waals surface area (Å²) in [6.07, 6.45) is 0.541. The molecule has 0 bridgehead atoms. The van der Waals surface area contributed by atoms with Gasteiger partial charge in [-0.25, -0.2) is 14.6 Å². The molecule has 2 aliphatic rings. The lowest BCUT2D eigenvalue weighted by atomic mass is 10.0. The summed E-state index contributed by atoms with van der Waals surface area (Å²) in [5, 5.41) is 16.9. The molecule has 14 nitrogen and oxygen atoms in total. The molecule has 8 N–H and O–H groups in total. The van der Waals surface area contributed by atoms with E-state index in [0.717, 1.165) is 28.0 Å². The average molecular weight is 578 g/mol. The van der Waals surface area contributed by atoms with Gasteiger partial charge in [0.1, 0.15) is 40.9 Å². The molecule has 1 aromatic heterocycles. The van der Waals surface area contributed by atoms with Gasteiger partial charge in [-0.3, -0.25) is 14.5 Å². The zero-order valence-corrected chi connectivity index (χ0v) is 21.6. The summed E-state index contributed by atoms with van der Waals surface area (Å²) in [4.78, 5) is 58.5. The number of carboxylic acids is 1. The van der Waals surface area contributed by atoms with E-state index >= 15 is 0 Å². The molecule has 3 heterocycles. The molecule has 3 amide bonds. The number of nitrogens with two attached hydrogens (primary N) is 3. The number of nitrogens with one attached hydrogen (secondary N) is 1. The van der Waals surface area contributed by atoms with Crippen LogP contribution in [-0.4, -0.2) is 81.5 Å². The van der Waals surface area contributed by atoms with Crippen molar-refractivity contribution >= 4 is 81.2 Å². The zero-order valence-electron chi connectivity index (χ0n) is 18.4. The molecule has 1 fully saturated rings. The van der Waals surface area contributed by atoms with E-state index in [0.29, 0.717) is 4.91 Å². The van der Waals surface area contributed by atoms with Crippen molar-refractivity contribution in [3.8, 4) is 0 Å². The topological polar surface area (TPSA) is 226 Å². The highest BCUT2D eigenvalue weighted by Gasteiger charge is 2.54. The molecule has 1 aromatic rings. The maximum Gasteiger partial charge on any atom is 0.404 e. The van der Waals surface area contributed by atoms with Gasteiger partial charge in [0.25, 0.3) is 11.8 Å². The Hall–Kier alpha value is -2.99. The monoisotopic (exact) mass is 577 g/mol. The second kappa shape index (κ2) is 11.8. The van der Waals surface area contributed by atoms with Gasteiger partial charge < -0.3 is 37.2 Å². The van der Waals surface area contributed by atoms with Crippen molar-refractivity contribution in [3.05, 3.63) is 32.1 Å². The van der Waals surface area contributed by atoms with Crippen LogP contribution in [0.1, 0.15) is 5.69 Å². The smallest absolute Gasteiger partial charge is 0.404 e. The number of aromatic nitrogens is 1. The Balaban J connectivity index is 1.72. The molecule has 18 heteroatoms. The standard InChI is InChI=1S/C18H20ClN7O7S3/c1-32-25-9(8-12(19)36-17(21)24-8)13(27)23-10-14(28)26-11(16(29)30)7(5-35-15(10)26)34-3-2-6(20)4-33-18(22)31/h2-3,6,10,15H,4-5,20H2,1H3,(H2,21,24)(H2,22,31)(H,23,27)(H,29,30)/b3-2-,25-9-/t6-,10?,15-/m1/s1. The number of β-lactam (4-membered cyclic amide) rings is 1. The lowest BCUT2D eigenvalue weighted by Gasteiger charge is -2.49. The van der Waals surface area contributed by atoms with Crippen LogP contribution in [0.15, 0.2) is 27.2 Å². The number of oxime groups is 1. The second-order valence-electron chi connectivity index (χ2n) is 6.98. The van der Waals surface area contributed by atoms with Crippen molar-refractivity contribution in [2.75, 3.05) is 25.2 Å². The highest BCUT2D eigenvalue weighted by atomic mass is 35.5. The largest absolute Gasteiger partial charge is 0.477 e. The van der Waals surface area contributed by atoms with Gasteiger partial charge >= 0.3 is 12.1 Å². The van der Waals surface area contributed by atoms with Crippen molar-refractivity contribution in [1.82, 2.24) is 15.2 Å². The SMILES string of the molecule is CO/N=C(\C(=O)NC1C(=O)N2C(C(=O)O)=C(S/C=C\[C@@H](N)COC(N)=O)CS[C@H]12)c1nc(N)sc1Cl. The fourth-order valence-corrected chi connectivity index (χ4v) is 6.43. The lowest BCUT2D eigenvalue weighted by Crippen LogP contribution is -2.71. The normalized spacial score (nSPS) is 20.6. The number of carbonyl (C=O) groups is 4. The van der Waals surface area contributed by atoms with Crippen LogP contribution in [0.3, 0.4) is 0 Å². The number of nitrogens with zero attached hydrogens (tertiary/aromatic N) is 3. The highest BCUT2D eigenvalue weighted by molar-refractivity contribution is 8.08. The number of hydrogen-bond donors (Lipinski definition) is 5. The van der Waals surface area contributed by atoms with E-state index in [2.05, 4.69) is 20.2 Å². The maximum atomic E-state index is 12.9. The molecule has 2 aliphatic heterocycles. The molecular weight excluding hydrogens is 558 g/mol. The number of carbonyl (C=O) groups excluding carboxylic acids is 3. The highest BCUT2D eigenvalue weighted by Crippen LogP contribution is 2.43. The number of amides is 3. The van der Waals surface area contributed by atoms with Gasteiger partial charge in [-0.15, -0.1) is 11.8 Å². The molecule has 1 saturated heterocycles. The van der Waals surface area contributed by atoms with Gasteiger partial charge in [-0.2, -0.15) is 0 Å². The van der Waals surface area contributed by atoms with E-state index in [9.17, 15) is 24.3 Å².